The van der Waals surface area contributed by atoms with E-state index in [1.807, 2.05) is 32.0 Å². The van der Waals surface area contributed by atoms with Gasteiger partial charge in [-0.15, -0.1) is 0 Å². The Morgan fingerprint density at radius 3 is 2.14 bits per heavy atom. The van der Waals surface area contributed by atoms with Crippen molar-refractivity contribution < 1.29 is 5.11 Å². The summed E-state index contributed by atoms with van der Waals surface area (Å²) in [7, 11) is 0. The molecule has 1 aromatic carbocycles. The maximum Gasteiger partial charge on any atom is 0.0606 e. The van der Waals surface area contributed by atoms with Gasteiger partial charge >= 0.3 is 0 Å². The lowest BCUT2D eigenvalue weighted by molar-refractivity contribution is 0.302. The van der Waals surface area contributed by atoms with E-state index in [4.69, 9.17) is 5.11 Å². The van der Waals surface area contributed by atoms with Gasteiger partial charge in [0.1, 0.15) is 0 Å². The average molecular weight is 195 g/mol. The number of nitrogens with zero attached hydrogens (tertiary/aromatic N) is 1. The van der Waals surface area contributed by atoms with Crippen molar-refractivity contribution in [2.75, 3.05) is 24.6 Å². The maximum atomic E-state index is 8.79. The number of likely N-dealkylation sites (N-methyl/N-ethyl adjacent to an activating group) is 1. The van der Waals surface area contributed by atoms with E-state index in [0.29, 0.717) is 6.54 Å². The highest BCUT2D eigenvalue weighted by Crippen LogP contribution is 2.11. The van der Waals surface area contributed by atoms with E-state index in [0.717, 1.165) is 6.54 Å². The Hall–Kier alpha value is -1.02. The lowest BCUT2D eigenvalue weighted by Gasteiger charge is -2.21. The van der Waals surface area contributed by atoms with E-state index in [-0.39, 0.29) is 6.61 Å². The fourth-order valence-corrected chi connectivity index (χ4v) is 1.23. The van der Waals surface area contributed by atoms with Gasteiger partial charge in [-0.1, -0.05) is 32.0 Å². The van der Waals surface area contributed by atoms with Crippen molar-refractivity contribution in [2.45, 2.75) is 20.8 Å². The van der Waals surface area contributed by atoms with E-state index >= 15 is 0 Å². The smallest absolute Gasteiger partial charge is 0.0606 e. The molecule has 0 aliphatic heterocycles. The van der Waals surface area contributed by atoms with Crippen LogP contribution in [0.1, 0.15) is 20.8 Å². The second kappa shape index (κ2) is 8.57. The van der Waals surface area contributed by atoms with E-state index in [1.54, 1.807) is 0 Å². The molecule has 2 nitrogen and oxygen atoms in total. The number of rotatable bonds is 4. The van der Waals surface area contributed by atoms with Gasteiger partial charge in [-0.25, -0.2) is 0 Å². The van der Waals surface area contributed by atoms with Gasteiger partial charge in [-0.05, 0) is 19.1 Å². The minimum absolute atomic E-state index is 0.211. The van der Waals surface area contributed by atoms with E-state index < -0.39 is 0 Å². The van der Waals surface area contributed by atoms with Crippen molar-refractivity contribution in [3.63, 3.8) is 0 Å². The van der Waals surface area contributed by atoms with Gasteiger partial charge < -0.3 is 10.0 Å². The van der Waals surface area contributed by atoms with Crippen LogP contribution in [0.25, 0.3) is 0 Å². The molecule has 0 saturated carbocycles. The topological polar surface area (TPSA) is 23.5 Å². The molecule has 0 saturated heterocycles. The fraction of sp³-hybridized carbons (Fsp3) is 0.500. The number of aliphatic hydroxyl groups excluding tert-OH is 1. The maximum absolute atomic E-state index is 8.79. The van der Waals surface area contributed by atoms with Crippen molar-refractivity contribution in [1.82, 2.24) is 0 Å². The second-order valence-electron chi connectivity index (χ2n) is 2.64. The first-order valence-electron chi connectivity index (χ1n) is 5.29. The van der Waals surface area contributed by atoms with Crippen LogP contribution in [0.15, 0.2) is 30.3 Å². The third-order valence-corrected chi connectivity index (χ3v) is 1.87. The largest absolute Gasteiger partial charge is 0.395 e. The van der Waals surface area contributed by atoms with Crippen molar-refractivity contribution in [3.8, 4) is 0 Å². The molecule has 0 heterocycles. The van der Waals surface area contributed by atoms with Crippen LogP contribution in [0.3, 0.4) is 0 Å². The molecule has 1 rings (SSSR count). The van der Waals surface area contributed by atoms with Gasteiger partial charge in [0.2, 0.25) is 0 Å². The van der Waals surface area contributed by atoms with Gasteiger partial charge in [0, 0.05) is 18.8 Å². The van der Waals surface area contributed by atoms with Gasteiger partial charge in [0.05, 0.1) is 6.61 Å². The highest BCUT2D eigenvalue weighted by Gasteiger charge is 2.00. The Morgan fingerprint density at radius 1 is 1.14 bits per heavy atom. The molecular formula is C12H21NO. The van der Waals surface area contributed by atoms with Crippen LogP contribution in [0, 0.1) is 0 Å². The number of anilines is 1. The quantitative estimate of drug-likeness (QED) is 0.798. The number of aliphatic hydroxyl groups is 1. The molecule has 0 amide bonds. The lowest BCUT2D eigenvalue weighted by atomic mass is 10.3. The second-order valence-corrected chi connectivity index (χ2v) is 2.64. The van der Waals surface area contributed by atoms with Crippen molar-refractivity contribution in [1.29, 1.82) is 0 Å². The highest BCUT2D eigenvalue weighted by atomic mass is 16.3. The summed E-state index contributed by atoms with van der Waals surface area (Å²) in [5.74, 6) is 0. The SMILES string of the molecule is CC.CCN(CCO)c1ccccc1. The molecule has 0 bridgehead atoms. The molecule has 1 aromatic rings. The molecule has 0 spiro atoms. The van der Waals surface area contributed by atoms with Crippen LogP contribution < -0.4 is 4.90 Å². The summed E-state index contributed by atoms with van der Waals surface area (Å²) >= 11 is 0. The number of benzene rings is 1. The summed E-state index contributed by atoms with van der Waals surface area (Å²) in [5.41, 5.74) is 1.18. The average Bonchev–Trinajstić information content (AvgIpc) is 2.30. The molecule has 14 heavy (non-hydrogen) atoms. The third kappa shape index (κ3) is 4.28. The monoisotopic (exact) mass is 195 g/mol. The van der Waals surface area contributed by atoms with E-state index in [1.165, 1.54) is 5.69 Å². The van der Waals surface area contributed by atoms with Crippen molar-refractivity contribution >= 4 is 5.69 Å². The van der Waals surface area contributed by atoms with Crippen molar-refractivity contribution in [2.24, 2.45) is 0 Å². The Kier molecular flexibility index (Phi) is 7.95. The molecule has 0 aromatic heterocycles. The zero-order chi connectivity index (χ0) is 10.8. The van der Waals surface area contributed by atoms with Crippen LogP contribution in [0.4, 0.5) is 5.69 Å². The van der Waals surface area contributed by atoms with Crippen LogP contribution >= 0.6 is 0 Å². The molecule has 0 fully saturated rings. The molecule has 0 aliphatic rings. The minimum Gasteiger partial charge on any atom is -0.395 e. The first kappa shape index (κ1) is 13.0. The molecular weight excluding hydrogens is 174 g/mol. The van der Waals surface area contributed by atoms with Crippen LogP contribution in [0.5, 0.6) is 0 Å². The van der Waals surface area contributed by atoms with Gasteiger partial charge in [-0.2, -0.15) is 0 Å². The number of para-hydroxylation sites is 1. The molecule has 0 atom stereocenters. The summed E-state index contributed by atoms with van der Waals surface area (Å²) in [6.45, 7) is 7.94. The summed E-state index contributed by atoms with van der Waals surface area (Å²) in [5, 5.41) is 8.79. The van der Waals surface area contributed by atoms with Crippen LogP contribution in [-0.2, 0) is 0 Å². The summed E-state index contributed by atoms with van der Waals surface area (Å²) < 4.78 is 0. The van der Waals surface area contributed by atoms with Gasteiger partial charge in [0.25, 0.3) is 0 Å². The Morgan fingerprint density at radius 2 is 1.71 bits per heavy atom. The van der Waals surface area contributed by atoms with Gasteiger partial charge in [-0.3, -0.25) is 0 Å². The summed E-state index contributed by atoms with van der Waals surface area (Å²) in [4.78, 5) is 2.14. The third-order valence-electron chi connectivity index (χ3n) is 1.87. The fourth-order valence-electron chi connectivity index (χ4n) is 1.23. The lowest BCUT2D eigenvalue weighted by Crippen LogP contribution is -2.25. The zero-order valence-electron chi connectivity index (χ0n) is 9.40. The molecule has 1 N–H and O–H groups in total. The van der Waals surface area contributed by atoms with Crippen LogP contribution in [0.2, 0.25) is 0 Å². The minimum atomic E-state index is 0.211. The molecule has 0 unspecified atom stereocenters. The number of hydrogen-bond donors (Lipinski definition) is 1. The molecule has 0 aliphatic carbocycles. The van der Waals surface area contributed by atoms with E-state index in [9.17, 15) is 0 Å². The summed E-state index contributed by atoms with van der Waals surface area (Å²) in [6.07, 6.45) is 0. The first-order valence-corrected chi connectivity index (χ1v) is 5.29. The zero-order valence-corrected chi connectivity index (χ0v) is 9.40. The molecule has 2 heteroatoms. The summed E-state index contributed by atoms with van der Waals surface area (Å²) in [6, 6.07) is 10.1. The van der Waals surface area contributed by atoms with Gasteiger partial charge in [0.15, 0.2) is 0 Å². The number of hydrogen-bond acceptors (Lipinski definition) is 2. The molecule has 80 valence electrons. The Balaban J connectivity index is 0.000000791. The molecule has 0 radical (unpaired) electrons. The van der Waals surface area contributed by atoms with Crippen molar-refractivity contribution in [3.05, 3.63) is 30.3 Å². The normalized spacial score (nSPS) is 8.86. The standard InChI is InChI=1S/C10H15NO.C2H6/c1-2-11(8-9-12)10-6-4-3-5-7-10;1-2/h3-7,12H,2,8-9H2,1H3;1-2H3. The first-order chi connectivity index (χ1) is 6.88. The Bertz CT molecular complexity index is 211. The van der Waals surface area contributed by atoms with Crippen LogP contribution in [-0.4, -0.2) is 24.8 Å². The highest BCUT2D eigenvalue weighted by molar-refractivity contribution is 5.45. The Labute approximate surface area is 87.2 Å². The predicted octanol–water partition coefficient (Wildman–Crippen LogP) is 2.53. The predicted molar refractivity (Wildman–Crippen MR) is 62.8 cm³/mol. The van der Waals surface area contributed by atoms with E-state index in [2.05, 4.69) is 24.0 Å².